The Morgan fingerprint density at radius 1 is 0.531 bits per heavy atom. The summed E-state index contributed by atoms with van der Waals surface area (Å²) >= 11 is 0. The lowest BCUT2D eigenvalue weighted by Gasteiger charge is -2.59. The van der Waals surface area contributed by atoms with Crippen molar-refractivity contribution in [3.63, 3.8) is 0 Å². The Morgan fingerprint density at radius 2 is 1.06 bits per heavy atom. The molecule has 23 nitrogen and oxygen atoms in total. The maximum Gasteiger partial charge on any atom is 0.422 e. The van der Waals surface area contributed by atoms with Crippen LogP contribution in [0.4, 0.5) is 39.5 Å². The van der Waals surface area contributed by atoms with E-state index in [1.54, 1.807) is 20.8 Å². The standard InChI is InChI=1S/C14H17F3O3.C13H13F3O4.C12H11F3O4.C10H14O4.C9H12O4.C8H10O4/c1-8(14(15,16)17)11(18)20-13-5-9-2-10(6-13)4-12(19,3-9)7-13;1-5(2)10(17)19-8-6-3-7-9(8)20-11(18)12(7,4-6)13(14,15)16;1-4(12(13,14)15)10(16)18-8-5-2-6-7(3-5)11(17)19-9(6)8;1-7(2)9(12)14-10(3)4-5-13-8(11)6-10;1-6(2)7(10)13-9(3)4-5-12-8(9)11;1-5(2)7(9)12-6-3-4-11-8(6)10/h9-10,19H,1-7H2;6-9H,1,3-4H2,2H3;5-9H,1-3H2;1,4-6H2,2-3H3;1,4-5H2,2-3H3;6H,1,3-4H2,2H3. The lowest BCUT2D eigenvalue weighted by Crippen LogP contribution is -2.60. The normalized spacial score (nSPS) is 34.8. The zero-order valence-electron chi connectivity index (χ0n) is 54.5. The first-order chi connectivity index (χ1) is 45.1. The van der Waals surface area contributed by atoms with E-state index in [9.17, 15) is 97.4 Å². The molecule has 13 fully saturated rings. The number of alkyl halides is 9. The number of halogens is 9. The van der Waals surface area contributed by atoms with E-state index in [1.807, 2.05) is 0 Å². The number of esters is 11. The molecular weight excluding hydrogens is 1330 g/mol. The molecule has 5 aliphatic heterocycles. The molecule has 0 aromatic heterocycles. The molecule has 0 aromatic carbocycles. The summed E-state index contributed by atoms with van der Waals surface area (Å²) in [5.74, 6) is -9.15. The zero-order valence-corrected chi connectivity index (χ0v) is 54.5. The Bertz CT molecular complexity index is 3320. The predicted octanol–water partition coefficient (Wildman–Crippen LogP) is 8.75. The number of cyclic esters (lactones) is 3. The molecule has 13 rings (SSSR count). The first kappa shape index (κ1) is 77.3. The van der Waals surface area contributed by atoms with Crippen molar-refractivity contribution in [3.8, 4) is 0 Å². The van der Waals surface area contributed by atoms with Crippen LogP contribution in [0.25, 0.3) is 0 Å². The minimum Gasteiger partial charge on any atom is -0.465 e. The SMILES string of the molecule is C=C(C(=O)OC12CC3CC(CC(O)(C3)C1)C2)C(F)(F)F.C=C(C(=O)OC1C2CC3C(=O)OC1C3C2)C(F)(F)F.C=C(C)C(=O)OC1(C)CCOC(=O)C1.C=C(C)C(=O)OC1(C)CCOC1=O.C=C(C)C(=O)OC1C2CC3C1OC(=O)C3(C(F)(F)F)C2.C=C(C)C(=O)OC1CCOC1=O. The van der Waals surface area contributed by atoms with E-state index in [-0.39, 0.29) is 83.9 Å². The summed E-state index contributed by atoms with van der Waals surface area (Å²) < 4.78 is 168. The average Bonchev–Trinajstić information content (AvgIpc) is 1.51. The largest absolute Gasteiger partial charge is 0.465 e. The van der Waals surface area contributed by atoms with Gasteiger partial charge in [0, 0.05) is 71.6 Å². The molecule has 0 radical (unpaired) electrons. The van der Waals surface area contributed by atoms with Crippen LogP contribution >= 0.6 is 0 Å². The fourth-order valence-corrected chi connectivity index (χ4v) is 14.8. The van der Waals surface area contributed by atoms with Crippen LogP contribution in [-0.4, -0.2) is 162 Å². The molecule has 0 aromatic rings. The molecule has 15 unspecified atom stereocenters. The van der Waals surface area contributed by atoms with Gasteiger partial charge in [0.1, 0.15) is 46.8 Å². The summed E-state index contributed by atoms with van der Waals surface area (Å²) in [4.78, 5) is 124. The van der Waals surface area contributed by atoms with Crippen LogP contribution in [0.2, 0.25) is 0 Å². The number of aliphatic hydroxyl groups is 1. The molecular formula is C66H77F9O23. The molecule has 32 heteroatoms. The molecule has 13 aliphatic rings. The second-order valence-corrected chi connectivity index (χ2v) is 27.5. The lowest BCUT2D eigenvalue weighted by molar-refractivity contribution is -0.231. The van der Waals surface area contributed by atoms with Crippen LogP contribution < -0.4 is 0 Å². The van der Waals surface area contributed by atoms with Gasteiger partial charge in [-0.3, -0.25) is 14.4 Å². The monoisotopic (exact) mass is 1410 g/mol. The number of hydrogen-bond acceptors (Lipinski definition) is 23. The molecule has 0 spiro atoms. The average molecular weight is 1410 g/mol. The summed E-state index contributed by atoms with van der Waals surface area (Å²) in [5, 5.41) is 10.4. The third kappa shape index (κ3) is 17.0. The summed E-state index contributed by atoms with van der Waals surface area (Å²) in [6, 6.07) is 0. The number of carbonyl (C=O) groups excluding carboxylic acids is 11. The van der Waals surface area contributed by atoms with Crippen LogP contribution in [-0.2, 0) is 105 Å². The molecule has 5 saturated heterocycles. The van der Waals surface area contributed by atoms with Gasteiger partial charge in [-0.1, -0.05) is 39.5 Å². The van der Waals surface area contributed by atoms with Crippen molar-refractivity contribution in [2.45, 2.75) is 203 Å². The second-order valence-electron chi connectivity index (χ2n) is 27.5. The molecule has 15 atom stereocenters. The minimum absolute atomic E-state index is 0.0190. The Balaban J connectivity index is 0.000000168. The van der Waals surface area contributed by atoms with Crippen molar-refractivity contribution in [2.24, 2.45) is 46.8 Å². The quantitative estimate of drug-likeness (QED) is 0.0825. The molecule has 8 bridgehead atoms. The smallest absolute Gasteiger partial charge is 0.422 e. The maximum absolute atomic E-state index is 13.2. The molecule has 1 N–H and O–H groups in total. The van der Waals surface area contributed by atoms with Crippen LogP contribution in [0.1, 0.15) is 131 Å². The second kappa shape index (κ2) is 28.7. The van der Waals surface area contributed by atoms with E-state index in [2.05, 4.69) is 44.2 Å². The number of ether oxygens (including phenoxy) is 11. The van der Waals surface area contributed by atoms with Gasteiger partial charge in [0.05, 0.1) is 37.8 Å². The Kier molecular flexibility index (Phi) is 22.6. The number of rotatable bonds is 12. The number of carbonyl (C=O) groups is 11. The molecule has 98 heavy (non-hydrogen) atoms. The van der Waals surface area contributed by atoms with Crippen molar-refractivity contribution >= 4 is 65.7 Å². The van der Waals surface area contributed by atoms with E-state index in [4.69, 9.17) is 47.4 Å². The minimum atomic E-state index is -4.80. The van der Waals surface area contributed by atoms with Gasteiger partial charge in [0.15, 0.2) is 5.41 Å². The summed E-state index contributed by atoms with van der Waals surface area (Å²) in [6.45, 7) is 29.5. The molecule has 5 heterocycles. The van der Waals surface area contributed by atoms with Gasteiger partial charge in [-0.05, 0) is 111 Å². The third-order valence-electron chi connectivity index (χ3n) is 19.3. The molecule has 542 valence electrons. The summed E-state index contributed by atoms with van der Waals surface area (Å²) in [5.41, 5.74) is -7.97. The van der Waals surface area contributed by atoms with Gasteiger partial charge < -0.3 is 57.2 Å². The van der Waals surface area contributed by atoms with Gasteiger partial charge in [-0.15, -0.1) is 0 Å². The highest BCUT2D eigenvalue weighted by molar-refractivity contribution is 5.93. The van der Waals surface area contributed by atoms with Gasteiger partial charge in [0.2, 0.25) is 11.7 Å². The molecule has 8 saturated carbocycles. The third-order valence-corrected chi connectivity index (χ3v) is 19.3. The van der Waals surface area contributed by atoms with Crippen LogP contribution in [0, 0.1) is 46.8 Å². The predicted molar refractivity (Wildman–Crippen MR) is 312 cm³/mol. The topological polar surface area (TPSA) is 310 Å². The Hall–Kier alpha value is -8.06. The van der Waals surface area contributed by atoms with E-state index in [0.717, 1.165) is 6.42 Å². The van der Waals surface area contributed by atoms with Crippen molar-refractivity contribution < 1.29 is 149 Å². The van der Waals surface area contributed by atoms with Gasteiger partial charge >= 0.3 is 84.2 Å². The fourth-order valence-electron chi connectivity index (χ4n) is 14.8. The van der Waals surface area contributed by atoms with E-state index >= 15 is 0 Å². The summed E-state index contributed by atoms with van der Waals surface area (Å²) in [7, 11) is 0. The van der Waals surface area contributed by atoms with Crippen molar-refractivity contribution in [2.75, 3.05) is 19.8 Å². The van der Waals surface area contributed by atoms with Crippen LogP contribution in [0.15, 0.2) is 72.9 Å². The fraction of sp³-hybridized carbons (Fsp3) is 0.652. The van der Waals surface area contributed by atoms with E-state index < -0.39 is 154 Å². The van der Waals surface area contributed by atoms with Crippen molar-refractivity contribution in [3.05, 3.63) is 72.9 Å². The summed E-state index contributed by atoms with van der Waals surface area (Å²) in [6.07, 6.45) is -11.8. The maximum atomic E-state index is 13.2. The number of fused-ring (bicyclic) bond motifs is 2. The Labute approximate surface area is 556 Å². The van der Waals surface area contributed by atoms with E-state index in [1.165, 1.54) is 20.8 Å². The van der Waals surface area contributed by atoms with Crippen LogP contribution in [0.5, 0.6) is 0 Å². The lowest BCUT2D eigenvalue weighted by atomic mass is 9.52. The van der Waals surface area contributed by atoms with Gasteiger partial charge in [0.25, 0.3) is 0 Å². The Morgan fingerprint density at radius 3 is 1.56 bits per heavy atom. The van der Waals surface area contributed by atoms with E-state index in [0.29, 0.717) is 83.2 Å². The molecule has 8 aliphatic carbocycles. The van der Waals surface area contributed by atoms with Crippen LogP contribution in [0.3, 0.4) is 0 Å². The van der Waals surface area contributed by atoms with Gasteiger partial charge in [-0.25, -0.2) is 38.4 Å². The van der Waals surface area contributed by atoms with Crippen molar-refractivity contribution in [1.29, 1.82) is 0 Å². The highest BCUT2D eigenvalue weighted by atomic mass is 19.4. The highest BCUT2D eigenvalue weighted by Crippen LogP contribution is 2.68. The first-order valence-corrected chi connectivity index (χ1v) is 31.2. The van der Waals surface area contributed by atoms with Gasteiger partial charge in [-0.2, -0.15) is 39.5 Å². The highest BCUT2D eigenvalue weighted by Gasteiger charge is 2.80. The number of hydrogen-bond donors (Lipinski definition) is 1. The van der Waals surface area contributed by atoms with Crippen molar-refractivity contribution in [1.82, 2.24) is 0 Å². The first-order valence-electron chi connectivity index (χ1n) is 31.2. The zero-order chi connectivity index (χ0) is 73.5. The molecule has 0 amide bonds.